The number of hydrogen-bond donors (Lipinski definition) is 0. The lowest BCUT2D eigenvalue weighted by Gasteiger charge is -2.30. The second-order valence-electron chi connectivity index (χ2n) is 10.0. The van der Waals surface area contributed by atoms with Crippen molar-refractivity contribution in [2.45, 2.75) is 122 Å². The van der Waals surface area contributed by atoms with Gasteiger partial charge >= 0.3 is 0 Å². The van der Waals surface area contributed by atoms with Crippen LogP contribution in [0.2, 0.25) is 0 Å². The minimum absolute atomic E-state index is 0.948. The summed E-state index contributed by atoms with van der Waals surface area (Å²) in [6, 6.07) is 2.03. The van der Waals surface area contributed by atoms with Crippen LogP contribution in [0.1, 0.15) is 122 Å². The lowest BCUT2D eigenvalue weighted by molar-refractivity contribution is 0.232. The molecule has 0 aliphatic heterocycles. The first-order valence-electron chi connectivity index (χ1n) is 13.0. The first kappa shape index (κ1) is 24.2. The Bertz CT molecular complexity index is 481. The molecule has 1 nitrogen and oxygen atoms in total. The van der Waals surface area contributed by atoms with Crippen molar-refractivity contribution in [3.05, 3.63) is 24.3 Å². The highest BCUT2D eigenvalue weighted by Crippen LogP contribution is 2.36. The second-order valence-corrected chi connectivity index (χ2v) is 10.0. The topological polar surface area (TPSA) is 23.8 Å². The average Bonchev–Trinajstić information content (AvgIpc) is 2.76. The molecule has 0 spiro atoms. The number of unbranched alkanes of at least 4 members (excludes halogenated alkanes) is 3. The fraction of sp³-hybridized carbons (Fsp3) is 0.821. The first-order valence-corrected chi connectivity index (χ1v) is 13.0. The highest BCUT2D eigenvalue weighted by atomic mass is 14.3. The van der Waals surface area contributed by atoms with Gasteiger partial charge in [-0.2, -0.15) is 5.26 Å². The smallest absolute Gasteiger partial charge is 0.0912 e. The van der Waals surface area contributed by atoms with Gasteiger partial charge in [-0.05, 0) is 36.5 Å². The van der Waals surface area contributed by atoms with Crippen molar-refractivity contribution in [3.63, 3.8) is 0 Å². The molecule has 0 aromatic rings. The Morgan fingerprint density at radius 2 is 1.10 bits per heavy atom. The van der Waals surface area contributed by atoms with E-state index in [0.29, 0.717) is 0 Å². The molecule has 2 aliphatic rings. The third kappa shape index (κ3) is 11.1. The second kappa shape index (κ2) is 15.8. The predicted octanol–water partition coefficient (Wildman–Crippen LogP) is 9.16. The van der Waals surface area contributed by atoms with Crippen molar-refractivity contribution in [2.75, 3.05) is 0 Å². The van der Waals surface area contributed by atoms with Gasteiger partial charge in [-0.15, -0.1) is 0 Å². The molecule has 1 heteroatoms. The fourth-order valence-corrected chi connectivity index (χ4v) is 5.77. The Morgan fingerprint density at radius 1 is 0.655 bits per heavy atom. The molecule has 0 aromatic heterocycles. The van der Waals surface area contributed by atoms with Crippen LogP contribution in [0.4, 0.5) is 0 Å². The van der Waals surface area contributed by atoms with E-state index in [-0.39, 0.29) is 0 Å². The van der Waals surface area contributed by atoms with Gasteiger partial charge < -0.3 is 0 Å². The van der Waals surface area contributed by atoms with Crippen molar-refractivity contribution in [1.82, 2.24) is 0 Å². The molecule has 2 aliphatic carbocycles. The molecule has 2 saturated carbocycles. The first-order chi connectivity index (χ1) is 14.3. The molecule has 0 aromatic carbocycles. The summed E-state index contributed by atoms with van der Waals surface area (Å²) >= 11 is 0. The summed E-state index contributed by atoms with van der Waals surface area (Å²) in [5, 5.41) is 8.47. The van der Waals surface area contributed by atoms with Gasteiger partial charge in [-0.1, -0.05) is 128 Å². The van der Waals surface area contributed by atoms with Gasteiger partial charge in [0.1, 0.15) is 0 Å². The van der Waals surface area contributed by atoms with Crippen LogP contribution in [0.25, 0.3) is 0 Å². The van der Waals surface area contributed by atoms with Crippen LogP contribution in [0.5, 0.6) is 0 Å². The Kier molecular flexibility index (Phi) is 13.2. The third-order valence-corrected chi connectivity index (χ3v) is 7.78. The molecule has 0 N–H and O–H groups in total. The molecule has 0 heterocycles. The maximum absolute atomic E-state index is 8.47. The van der Waals surface area contributed by atoms with E-state index in [4.69, 9.17) is 5.26 Å². The minimum Gasteiger partial charge on any atom is -0.193 e. The van der Waals surface area contributed by atoms with Crippen molar-refractivity contribution < 1.29 is 0 Å². The van der Waals surface area contributed by atoms with Gasteiger partial charge in [-0.25, -0.2) is 0 Å². The van der Waals surface area contributed by atoms with Gasteiger partial charge in [0.15, 0.2) is 0 Å². The molecule has 2 rings (SSSR count). The minimum atomic E-state index is 0.948. The van der Waals surface area contributed by atoms with Crippen LogP contribution in [-0.2, 0) is 0 Å². The molecular weight excluding hydrogens is 350 g/mol. The lowest BCUT2D eigenvalue weighted by Crippen LogP contribution is -2.15. The fourth-order valence-electron chi connectivity index (χ4n) is 5.77. The van der Waals surface area contributed by atoms with Crippen molar-refractivity contribution in [2.24, 2.45) is 23.7 Å². The van der Waals surface area contributed by atoms with Gasteiger partial charge in [-0.3, -0.25) is 0 Å². The van der Waals surface area contributed by atoms with E-state index in [1.165, 1.54) is 116 Å². The van der Waals surface area contributed by atoms with Crippen LogP contribution in [0.3, 0.4) is 0 Å². The number of nitrogens with zero attached hydrogens (tertiary/aromatic N) is 1. The standard InChI is InChI=1S/C28H47N/c1-2-3-7-12-25-16-20-27(21-17-25)14-9-10-15-28-22-18-26(19-23-28)13-8-5-4-6-11-24-29/h4-6,11,25-28H,2-3,7-10,12-23H2,1H3/t25-,26?,27-,28?. The lowest BCUT2D eigenvalue weighted by atomic mass is 9.76. The normalized spacial score (nSPS) is 28.1. The Hall–Kier alpha value is -1.03. The van der Waals surface area contributed by atoms with Gasteiger partial charge in [0, 0.05) is 6.08 Å². The molecule has 0 atom stereocenters. The third-order valence-electron chi connectivity index (χ3n) is 7.78. The van der Waals surface area contributed by atoms with E-state index in [1.807, 2.05) is 18.2 Å². The summed E-state index contributed by atoms with van der Waals surface area (Å²) in [5.74, 6) is 4.10. The summed E-state index contributed by atoms with van der Waals surface area (Å²) in [4.78, 5) is 0. The number of nitriles is 1. The largest absolute Gasteiger partial charge is 0.193 e. The van der Waals surface area contributed by atoms with Crippen LogP contribution >= 0.6 is 0 Å². The van der Waals surface area contributed by atoms with E-state index in [9.17, 15) is 0 Å². The van der Waals surface area contributed by atoms with Crippen molar-refractivity contribution >= 4 is 0 Å². The van der Waals surface area contributed by atoms with Crippen LogP contribution < -0.4 is 0 Å². The average molecular weight is 398 g/mol. The molecule has 0 bridgehead atoms. The highest BCUT2D eigenvalue weighted by Gasteiger charge is 2.22. The summed E-state index contributed by atoms with van der Waals surface area (Å²) < 4.78 is 0. The summed E-state index contributed by atoms with van der Waals surface area (Å²) in [6.07, 6.45) is 33.9. The number of hydrogen-bond acceptors (Lipinski definition) is 1. The Labute approximate surface area is 182 Å². The molecule has 0 unspecified atom stereocenters. The Morgan fingerprint density at radius 3 is 1.55 bits per heavy atom. The maximum Gasteiger partial charge on any atom is 0.0912 e. The van der Waals surface area contributed by atoms with Crippen LogP contribution in [-0.4, -0.2) is 0 Å². The molecule has 164 valence electrons. The SMILES string of the molecule is CCCCC[C@H]1CC[C@H](CCCCC2CCC(CCC=CC=CC#N)CC2)CC1. The molecule has 0 amide bonds. The van der Waals surface area contributed by atoms with Crippen molar-refractivity contribution in [3.8, 4) is 6.07 Å². The van der Waals surface area contributed by atoms with Crippen LogP contribution in [0, 0.1) is 35.0 Å². The van der Waals surface area contributed by atoms with E-state index in [0.717, 1.165) is 23.7 Å². The number of rotatable bonds is 13. The molecule has 0 radical (unpaired) electrons. The van der Waals surface area contributed by atoms with E-state index in [2.05, 4.69) is 13.0 Å². The summed E-state index contributed by atoms with van der Waals surface area (Å²) in [5.41, 5.74) is 0. The molecule has 2 fully saturated rings. The van der Waals surface area contributed by atoms with E-state index in [1.54, 1.807) is 6.08 Å². The zero-order valence-corrected chi connectivity index (χ0v) is 19.3. The zero-order chi connectivity index (χ0) is 20.6. The quantitative estimate of drug-likeness (QED) is 0.173. The molecular formula is C28H47N. The van der Waals surface area contributed by atoms with Gasteiger partial charge in [0.05, 0.1) is 6.07 Å². The predicted molar refractivity (Wildman–Crippen MR) is 127 cm³/mol. The molecule has 29 heavy (non-hydrogen) atoms. The monoisotopic (exact) mass is 397 g/mol. The van der Waals surface area contributed by atoms with E-state index < -0.39 is 0 Å². The maximum atomic E-state index is 8.47. The van der Waals surface area contributed by atoms with E-state index >= 15 is 0 Å². The number of allylic oxidation sites excluding steroid dienone is 4. The molecule has 0 saturated heterocycles. The van der Waals surface area contributed by atoms with Gasteiger partial charge in [0.25, 0.3) is 0 Å². The van der Waals surface area contributed by atoms with Gasteiger partial charge in [0.2, 0.25) is 0 Å². The summed E-state index contributed by atoms with van der Waals surface area (Å²) in [6.45, 7) is 2.32. The van der Waals surface area contributed by atoms with Crippen molar-refractivity contribution in [1.29, 1.82) is 5.26 Å². The summed E-state index contributed by atoms with van der Waals surface area (Å²) in [7, 11) is 0. The van der Waals surface area contributed by atoms with Crippen LogP contribution in [0.15, 0.2) is 24.3 Å². The highest BCUT2D eigenvalue weighted by molar-refractivity contribution is 5.11. The zero-order valence-electron chi connectivity index (χ0n) is 19.3. The Balaban J connectivity index is 1.44.